The number of nitrogens with two attached hydrogens (primary N) is 1. The summed E-state index contributed by atoms with van der Waals surface area (Å²) in [6, 6.07) is 5.40. The van der Waals surface area contributed by atoms with Crippen molar-refractivity contribution in [3.8, 4) is 0 Å². The Hall–Kier alpha value is -1.22. The van der Waals surface area contributed by atoms with Crippen molar-refractivity contribution < 1.29 is 4.79 Å². The molecular formula is C11H13ClN2O. The van der Waals surface area contributed by atoms with E-state index in [0.29, 0.717) is 0 Å². The minimum absolute atomic E-state index is 0.257. The van der Waals surface area contributed by atoms with Crippen LogP contribution >= 0.6 is 11.6 Å². The molecule has 1 atom stereocenters. The first-order chi connectivity index (χ1) is 7.16. The first kappa shape index (κ1) is 10.3. The number of primary amides is 1. The zero-order chi connectivity index (χ0) is 10.8. The first-order valence-corrected chi connectivity index (χ1v) is 5.39. The first-order valence-electron chi connectivity index (χ1n) is 5.01. The zero-order valence-electron chi connectivity index (χ0n) is 8.29. The van der Waals surface area contributed by atoms with Crippen LogP contribution in [0.2, 0.25) is 5.02 Å². The van der Waals surface area contributed by atoms with Crippen molar-refractivity contribution in [3.63, 3.8) is 0 Å². The van der Waals surface area contributed by atoms with Crippen LogP contribution in [0.4, 0.5) is 5.69 Å². The van der Waals surface area contributed by atoms with Crippen LogP contribution in [0.5, 0.6) is 0 Å². The Labute approximate surface area is 93.6 Å². The molecule has 15 heavy (non-hydrogen) atoms. The molecule has 4 heteroatoms. The third-order valence-corrected chi connectivity index (χ3v) is 2.91. The Balaban J connectivity index is 2.29. The molecule has 80 valence electrons. The monoisotopic (exact) mass is 224 g/mol. The molecule has 0 bridgehead atoms. The summed E-state index contributed by atoms with van der Waals surface area (Å²) in [6.07, 6.45) is 2.67. The van der Waals surface area contributed by atoms with Crippen molar-refractivity contribution in [3.05, 3.63) is 28.8 Å². The van der Waals surface area contributed by atoms with Gasteiger partial charge in [-0.25, -0.2) is 0 Å². The van der Waals surface area contributed by atoms with Crippen LogP contribution in [0.3, 0.4) is 0 Å². The molecule has 3 nitrogen and oxygen atoms in total. The van der Waals surface area contributed by atoms with E-state index in [1.807, 2.05) is 18.2 Å². The number of carbonyl (C=O) groups is 1. The van der Waals surface area contributed by atoms with Gasteiger partial charge in [0.25, 0.3) is 0 Å². The second-order valence-corrected chi connectivity index (χ2v) is 4.23. The van der Waals surface area contributed by atoms with E-state index in [1.54, 1.807) is 0 Å². The largest absolute Gasteiger partial charge is 0.373 e. The highest BCUT2D eigenvalue weighted by atomic mass is 35.5. The molecule has 0 spiro atoms. The van der Waals surface area contributed by atoms with Crippen LogP contribution < -0.4 is 11.1 Å². The fourth-order valence-corrected chi connectivity index (χ4v) is 2.07. The highest BCUT2D eigenvalue weighted by Gasteiger charge is 2.19. The Kier molecular flexibility index (Phi) is 2.82. The molecule has 1 aromatic rings. The van der Waals surface area contributed by atoms with Crippen LogP contribution in [-0.2, 0) is 11.2 Å². The number of amides is 1. The molecule has 1 unspecified atom stereocenters. The molecule has 1 aliphatic heterocycles. The molecule has 0 fully saturated rings. The van der Waals surface area contributed by atoms with Crippen molar-refractivity contribution in [2.24, 2.45) is 5.73 Å². The van der Waals surface area contributed by atoms with E-state index < -0.39 is 0 Å². The van der Waals surface area contributed by atoms with Crippen molar-refractivity contribution in [2.45, 2.75) is 25.3 Å². The summed E-state index contributed by atoms with van der Waals surface area (Å²) >= 11 is 5.91. The van der Waals surface area contributed by atoms with Crippen molar-refractivity contribution >= 4 is 23.2 Å². The van der Waals surface area contributed by atoms with Gasteiger partial charge in [0.1, 0.15) is 6.04 Å². The summed E-state index contributed by atoms with van der Waals surface area (Å²) in [7, 11) is 0. The van der Waals surface area contributed by atoms with E-state index >= 15 is 0 Å². The molecule has 1 aromatic carbocycles. The van der Waals surface area contributed by atoms with Crippen LogP contribution in [0, 0.1) is 0 Å². The van der Waals surface area contributed by atoms with Gasteiger partial charge in [0.05, 0.1) is 0 Å². The second kappa shape index (κ2) is 4.11. The fraction of sp³-hybridized carbons (Fsp3) is 0.364. The zero-order valence-corrected chi connectivity index (χ0v) is 9.05. The molecule has 0 saturated heterocycles. The number of benzene rings is 1. The minimum atomic E-state index is -0.294. The van der Waals surface area contributed by atoms with Gasteiger partial charge in [0.15, 0.2) is 0 Å². The smallest absolute Gasteiger partial charge is 0.239 e. The van der Waals surface area contributed by atoms with Gasteiger partial charge in [-0.05, 0) is 43.0 Å². The Bertz CT molecular complexity index is 392. The third-order valence-electron chi connectivity index (χ3n) is 2.68. The Morgan fingerprint density at radius 3 is 3.07 bits per heavy atom. The summed E-state index contributed by atoms with van der Waals surface area (Å²) < 4.78 is 0. The van der Waals surface area contributed by atoms with E-state index in [2.05, 4.69) is 5.32 Å². The maximum Gasteiger partial charge on any atom is 0.239 e. The summed E-state index contributed by atoms with van der Waals surface area (Å²) in [4.78, 5) is 11.1. The lowest BCUT2D eigenvalue weighted by atomic mass is 10.1. The number of nitrogens with one attached hydrogen (secondary N) is 1. The number of rotatable bonds is 1. The van der Waals surface area contributed by atoms with E-state index in [-0.39, 0.29) is 11.9 Å². The normalized spacial score (nSPS) is 19.9. The lowest BCUT2D eigenvalue weighted by molar-refractivity contribution is -0.118. The van der Waals surface area contributed by atoms with Gasteiger partial charge in [-0.15, -0.1) is 0 Å². The fourth-order valence-electron chi connectivity index (χ4n) is 1.88. The van der Waals surface area contributed by atoms with E-state index in [4.69, 9.17) is 17.3 Å². The van der Waals surface area contributed by atoms with Gasteiger partial charge in [0.2, 0.25) is 5.91 Å². The second-order valence-electron chi connectivity index (χ2n) is 3.79. The van der Waals surface area contributed by atoms with Crippen LogP contribution in [0.15, 0.2) is 18.2 Å². The maximum absolute atomic E-state index is 11.1. The lowest BCUT2D eigenvalue weighted by Gasteiger charge is -2.14. The van der Waals surface area contributed by atoms with Crippen molar-refractivity contribution in [1.29, 1.82) is 0 Å². The molecule has 3 N–H and O–H groups in total. The summed E-state index contributed by atoms with van der Waals surface area (Å²) in [5, 5.41) is 3.88. The molecule has 2 rings (SSSR count). The molecule has 1 amide bonds. The van der Waals surface area contributed by atoms with E-state index in [0.717, 1.165) is 35.5 Å². The highest BCUT2D eigenvalue weighted by Crippen LogP contribution is 2.26. The predicted octanol–water partition coefficient (Wildman–Crippen LogP) is 1.94. The number of hydrogen-bond donors (Lipinski definition) is 2. The number of anilines is 1. The third kappa shape index (κ3) is 2.23. The van der Waals surface area contributed by atoms with Gasteiger partial charge in [0, 0.05) is 10.7 Å². The molecule has 0 aromatic heterocycles. The van der Waals surface area contributed by atoms with Gasteiger partial charge >= 0.3 is 0 Å². The summed E-state index contributed by atoms with van der Waals surface area (Å²) in [6.45, 7) is 0. The Morgan fingerprint density at radius 2 is 2.33 bits per heavy atom. The van der Waals surface area contributed by atoms with Crippen molar-refractivity contribution in [1.82, 2.24) is 0 Å². The molecule has 0 saturated carbocycles. The summed E-state index contributed by atoms with van der Waals surface area (Å²) in [5.74, 6) is -0.294. The molecule has 1 aliphatic rings. The molecule has 1 heterocycles. The molecule has 0 radical (unpaired) electrons. The number of halogens is 1. The lowest BCUT2D eigenvalue weighted by Crippen LogP contribution is -2.34. The van der Waals surface area contributed by atoms with Crippen molar-refractivity contribution in [2.75, 3.05) is 5.32 Å². The van der Waals surface area contributed by atoms with Crippen LogP contribution in [-0.4, -0.2) is 11.9 Å². The van der Waals surface area contributed by atoms with Gasteiger partial charge in [-0.3, -0.25) is 4.79 Å². The number of carbonyl (C=O) groups excluding carboxylic acids is 1. The van der Waals surface area contributed by atoms with Gasteiger partial charge < -0.3 is 11.1 Å². The molecular weight excluding hydrogens is 212 g/mol. The topological polar surface area (TPSA) is 55.1 Å². The minimum Gasteiger partial charge on any atom is -0.373 e. The number of fused-ring (bicyclic) bond motifs is 1. The van der Waals surface area contributed by atoms with Crippen LogP contribution in [0.25, 0.3) is 0 Å². The van der Waals surface area contributed by atoms with Gasteiger partial charge in [-0.2, -0.15) is 0 Å². The quantitative estimate of drug-likeness (QED) is 0.766. The Morgan fingerprint density at radius 1 is 1.53 bits per heavy atom. The number of hydrogen-bond acceptors (Lipinski definition) is 2. The molecule has 0 aliphatic carbocycles. The van der Waals surface area contributed by atoms with Crippen LogP contribution in [0.1, 0.15) is 18.4 Å². The average Bonchev–Trinajstić information content (AvgIpc) is 2.39. The SMILES string of the molecule is NC(=O)C1CCCc2cc(Cl)ccc2N1. The maximum atomic E-state index is 11.1. The standard InChI is InChI=1S/C11H13ClN2O/c12-8-4-5-9-7(6-8)2-1-3-10(14-9)11(13)15/h4-6,10,14H,1-3H2,(H2,13,15). The van der Waals surface area contributed by atoms with Gasteiger partial charge in [-0.1, -0.05) is 11.6 Å². The number of aryl methyl sites for hydroxylation is 1. The average molecular weight is 225 g/mol. The highest BCUT2D eigenvalue weighted by molar-refractivity contribution is 6.30. The predicted molar refractivity (Wildman–Crippen MR) is 61.0 cm³/mol. The summed E-state index contributed by atoms with van der Waals surface area (Å²) in [5.41, 5.74) is 7.43. The van der Waals surface area contributed by atoms with E-state index in [9.17, 15) is 4.79 Å². The van der Waals surface area contributed by atoms with E-state index in [1.165, 1.54) is 0 Å².